The number of hydrogen-bond acceptors (Lipinski definition) is 4. The Balaban J connectivity index is 1.77. The molecule has 1 N–H and O–H groups in total. The van der Waals surface area contributed by atoms with E-state index in [4.69, 9.17) is 0 Å². The zero-order valence-corrected chi connectivity index (χ0v) is 15.8. The summed E-state index contributed by atoms with van der Waals surface area (Å²) in [7, 11) is 0. The third-order valence-electron chi connectivity index (χ3n) is 5.49. The summed E-state index contributed by atoms with van der Waals surface area (Å²) in [6.07, 6.45) is 11.7. The predicted octanol–water partition coefficient (Wildman–Crippen LogP) is 3.46. The van der Waals surface area contributed by atoms with Crippen LogP contribution in [-0.2, 0) is 6.54 Å². The molecular formula is C20H24N6O. The smallest absolute Gasteiger partial charge is 0.278 e. The predicted molar refractivity (Wildman–Crippen MR) is 102 cm³/mol. The standard InChI is InChI=1S/C20H24N6O/c1-13(2)17-18(24-19-15(8-21)9-23-26(19)20(17)27)16-10-22-25(12-16)11-14-6-4-3-5-7-14/h9-10,12-14,24H,3-7,11H2,1-2H3. The van der Waals surface area contributed by atoms with Crippen LogP contribution in [0.5, 0.6) is 0 Å². The monoisotopic (exact) mass is 364 g/mol. The van der Waals surface area contributed by atoms with Gasteiger partial charge in [0.15, 0.2) is 5.65 Å². The number of aromatic nitrogens is 5. The Morgan fingerprint density at radius 1 is 1.26 bits per heavy atom. The minimum atomic E-state index is -0.185. The van der Waals surface area contributed by atoms with Gasteiger partial charge in [-0.15, -0.1) is 0 Å². The first-order valence-electron chi connectivity index (χ1n) is 9.65. The summed E-state index contributed by atoms with van der Waals surface area (Å²) in [5, 5.41) is 17.9. The lowest BCUT2D eigenvalue weighted by atomic mass is 9.89. The fourth-order valence-corrected chi connectivity index (χ4v) is 4.10. The Morgan fingerprint density at radius 3 is 2.74 bits per heavy atom. The van der Waals surface area contributed by atoms with Gasteiger partial charge < -0.3 is 4.98 Å². The Hall–Kier alpha value is -2.88. The molecule has 1 saturated carbocycles. The number of fused-ring (bicyclic) bond motifs is 1. The third-order valence-corrected chi connectivity index (χ3v) is 5.49. The van der Waals surface area contributed by atoms with E-state index >= 15 is 0 Å². The number of H-pyrrole nitrogens is 1. The number of nitrogens with zero attached hydrogens (tertiary/aromatic N) is 5. The molecule has 0 aliphatic heterocycles. The quantitative estimate of drug-likeness (QED) is 0.767. The largest absolute Gasteiger partial charge is 0.338 e. The highest BCUT2D eigenvalue weighted by molar-refractivity contribution is 5.67. The van der Waals surface area contributed by atoms with Crippen LogP contribution < -0.4 is 5.56 Å². The first-order chi connectivity index (χ1) is 13.1. The maximum atomic E-state index is 13.0. The molecule has 7 heteroatoms. The molecule has 7 nitrogen and oxygen atoms in total. The van der Waals surface area contributed by atoms with Crippen molar-refractivity contribution in [3.05, 3.63) is 40.1 Å². The van der Waals surface area contributed by atoms with Crippen molar-refractivity contribution in [3.63, 3.8) is 0 Å². The summed E-state index contributed by atoms with van der Waals surface area (Å²) < 4.78 is 3.27. The topological polar surface area (TPSA) is 91.8 Å². The van der Waals surface area contributed by atoms with Crippen molar-refractivity contribution < 1.29 is 0 Å². The molecular weight excluding hydrogens is 340 g/mol. The molecule has 0 saturated heterocycles. The average molecular weight is 364 g/mol. The Bertz CT molecular complexity index is 1060. The van der Waals surface area contributed by atoms with Gasteiger partial charge in [-0.2, -0.15) is 20.0 Å². The summed E-state index contributed by atoms with van der Waals surface area (Å²) in [6, 6.07) is 2.09. The minimum absolute atomic E-state index is 0.0181. The van der Waals surface area contributed by atoms with E-state index in [0.29, 0.717) is 22.7 Å². The number of nitriles is 1. The van der Waals surface area contributed by atoms with E-state index in [1.807, 2.05) is 24.7 Å². The molecule has 140 valence electrons. The Morgan fingerprint density at radius 2 is 2.04 bits per heavy atom. The van der Waals surface area contributed by atoms with Crippen LogP contribution in [0.3, 0.4) is 0 Å². The van der Waals surface area contributed by atoms with E-state index in [-0.39, 0.29) is 11.5 Å². The molecule has 3 heterocycles. The summed E-state index contributed by atoms with van der Waals surface area (Å²) in [6.45, 7) is 4.89. The van der Waals surface area contributed by atoms with Gasteiger partial charge in [-0.1, -0.05) is 33.1 Å². The summed E-state index contributed by atoms with van der Waals surface area (Å²) >= 11 is 0. The number of hydrogen-bond donors (Lipinski definition) is 1. The molecule has 0 radical (unpaired) electrons. The fraction of sp³-hybridized carbons (Fsp3) is 0.500. The van der Waals surface area contributed by atoms with E-state index in [2.05, 4.69) is 21.3 Å². The third kappa shape index (κ3) is 3.16. The van der Waals surface area contributed by atoms with Crippen molar-refractivity contribution in [1.82, 2.24) is 24.4 Å². The molecule has 0 unspecified atom stereocenters. The van der Waals surface area contributed by atoms with Crippen molar-refractivity contribution in [2.24, 2.45) is 5.92 Å². The first kappa shape index (κ1) is 17.5. The molecule has 3 aromatic heterocycles. The van der Waals surface area contributed by atoms with Crippen molar-refractivity contribution in [3.8, 4) is 17.3 Å². The molecule has 0 atom stereocenters. The fourth-order valence-electron chi connectivity index (χ4n) is 4.10. The van der Waals surface area contributed by atoms with E-state index in [1.165, 1.54) is 42.8 Å². The molecule has 4 rings (SSSR count). The molecule has 1 aliphatic carbocycles. The Labute approximate surface area is 157 Å². The van der Waals surface area contributed by atoms with Crippen LogP contribution in [0, 0.1) is 17.2 Å². The van der Waals surface area contributed by atoms with Crippen LogP contribution in [0.25, 0.3) is 16.9 Å². The van der Waals surface area contributed by atoms with Crippen LogP contribution >= 0.6 is 0 Å². The molecule has 1 fully saturated rings. The molecule has 1 aliphatic rings. The SMILES string of the molecule is CC(C)c1c(-c2cnn(CC3CCCCC3)c2)[nH]c2c(C#N)cnn2c1=O. The second-order valence-corrected chi connectivity index (χ2v) is 7.76. The molecule has 0 amide bonds. The first-order valence-corrected chi connectivity index (χ1v) is 9.65. The number of aromatic amines is 1. The normalized spacial score (nSPS) is 15.5. The molecule has 27 heavy (non-hydrogen) atoms. The second kappa shape index (κ2) is 7.03. The highest BCUT2D eigenvalue weighted by atomic mass is 16.1. The van der Waals surface area contributed by atoms with Crippen molar-refractivity contribution >= 4 is 5.65 Å². The lowest BCUT2D eigenvalue weighted by Gasteiger charge is -2.21. The lowest BCUT2D eigenvalue weighted by molar-refractivity contribution is 0.308. The van der Waals surface area contributed by atoms with Crippen LogP contribution in [-0.4, -0.2) is 24.4 Å². The number of rotatable bonds is 4. The molecule has 0 spiro atoms. The molecule has 3 aromatic rings. The Kier molecular flexibility index (Phi) is 4.56. The van der Waals surface area contributed by atoms with E-state index < -0.39 is 0 Å². The van der Waals surface area contributed by atoms with Gasteiger partial charge in [-0.25, -0.2) is 0 Å². The molecule has 0 bridgehead atoms. The maximum Gasteiger partial charge on any atom is 0.278 e. The van der Waals surface area contributed by atoms with E-state index in [1.54, 1.807) is 6.20 Å². The van der Waals surface area contributed by atoms with Crippen LogP contribution in [0.4, 0.5) is 0 Å². The van der Waals surface area contributed by atoms with Crippen LogP contribution in [0.1, 0.15) is 63.0 Å². The zero-order valence-electron chi connectivity index (χ0n) is 15.8. The average Bonchev–Trinajstić information content (AvgIpc) is 3.28. The van der Waals surface area contributed by atoms with Crippen LogP contribution in [0.15, 0.2) is 23.4 Å². The summed E-state index contributed by atoms with van der Waals surface area (Å²) in [5.41, 5.74) is 2.87. The summed E-state index contributed by atoms with van der Waals surface area (Å²) in [4.78, 5) is 16.2. The van der Waals surface area contributed by atoms with Gasteiger partial charge in [-0.05, 0) is 24.7 Å². The highest BCUT2D eigenvalue weighted by Gasteiger charge is 2.21. The summed E-state index contributed by atoms with van der Waals surface area (Å²) in [5.74, 6) is 0.696. The van der Waals surface area contributed by atoms with Gasteiger partial charge in [0.1, 0.15) is 11.6 Å². The number of nitrogens with one attached hydrogen (secondary N) is 1. The van der Waals surface area contributed by atoms with Gasteiger partial charge in [0.05, 0.1) is 18.1 Å². The minimum Gasteiger partial charge on any atom is -0.338 e. The van der Waals surface area contributed by atoms with Crippen molar-refractivity contribution in [2.75, 3.05) is 0 Å². The van der Waals surface area contributed by atoms with Gasteiger partial charge in [0.2, 0.25) is 0 Å². The van der Waals surface area contributed by atoms with Crippen molar-refractivity contribution in [2.45, 2.75) is 58.4 Å². The van der Waals surface area contributed by atoms with E-state index in [0.717, 1.165) is 17.8 Å². The van der Waals surface area contributed by atoms with Gasteiger partial charge in [-0.3, -0.25) is 9.48 Å². The lowest BCUT2D eigenvalue weighted by Crippen LogP contribution is -2.22. The zero-order chi connectivity index (χ0) is 19.0. The second-order valence-electron chi connectivity index (χ2n) is 7.76. The highest BCUT2D eigenvalue weighted by Crippen LogP contribution is 2.28. The van der Waals surface area contributed by atoms with Gasteiger partial charge >= 0.3 is 0 Å². The maximum absolute atomic E-state index is 13.0. The van der Waals surface area contributed by atoms with Gasteiger partial charge in [0, 0.05) is 23.9 Å². The van der Waals surface area contributed by atoms with Gasteiger partial charge in [0.25, 0.3) is 5.56 Å². The van der Waals surface area contributed by atoms with Crippen LogP contribution in [0.2, 0.25) is 0 Å². The van der Waals surface area contributed by atoms with E-state index in [9.17, 15) is 10.1 Å². The van der Waals surface area contributed by atoms with Crippen molar-refractivity contribution in [1.29, 1.82) is 5.26 Å². The molecule has 0 aromatic carbocycles.